The Labute approximate surface area is 108 Å². The number of aliphatic hydroxyl groups excluding tert-OH is 1. The molecule has 0 aromatic heterocycles. The zero-order valence-corrected chi connectivity index (χ0v) is 11.0. The number of fused-ring (bicyclic) bond motifs is 1. The van der Waals surface area contributed by atoms with Gasteiger partial charge >= 0.3 is 5.97 Å². The van der Waals surface area contributed by atoms with E-state index in [1.807, 2.05) is 19.9 Å². The summed E-state index contributed by atoms with van der Waals surface area (Å²) in [6.45, 7) is 7.78. The van der Waals surface area contributed by atoms with Gasteiger partial charge in [0.1, 0.15) is 6.10 Å². The average molecular weight is 248 g/mol. The Balaban J connectivity index is 2.30. The Morgan fingerprint density at radius 2 is 2.17 bits per heavy atom. The Morgan fingerprint density at radius 3 is 2.89 bits per heavy atom. The molecular weight excluding hydrogens is 228 g/mol. The fourth-order valence-electron chi connectivity index (χ4n) is 2.51. The topological polar surface area (TPSA) is 46.5 Å². The number of hydrogen-bond donors (Lipinski definition) is 1. The second kappa shape index (κ2) is 5.11. The van der Waals surface area contributed by atoms with Crippen LogP contribution in [0.1, 0.15) is 33.1 Å². The molecular formula is C15H20O3. The number of carbonyl (C=O) groups excluding carboxylic acids is 1. The zero-order chi connectivity index (χ0) is 13.3. The predicted molar refractivity (Wildman–Crippen MR) is 69.9 cm³/mol. The molecule has 0 bridgehead atoms. The molecule has 3 atom stereocenters. The van der Waals surface area contributed by atoms with Crippen molar-refractivity contribution in [3.8, 4) is 0 Å². The minimum Gasteiger partial charge on any atom is -0.454 e. The molecule has 18 heavy (non-hydrogen) atoms. The van der Waals surface area contributed by atoms with E-state index in [0.717, 1.165) is 18.4 Å². The van der Waals surface area contributed by atoms with E-state index in [2.05, 4.69) is 12.7 Å². The van der Waals surface area contributed by atoms with Crippen LogP contribution in [0, 0.1) is 5.92 Å². The summed E-state index contributed by atoms with van der Waals surface area (Å²) < 4.78 is 5.32. The molecule has 2 rings (SSSR count). The van der Waals surface area contributed by atoms with Crippen molar-refractivity contribution in [2.45, 2.75) is 45.3 Å². The minimum absolute atomic E-state index is 0.108. The molecule has 0 amide bonds. The molecule has 3 heteroatoms. The van der Waals surface area contributed by atoms with Crippen LogP contribution < -0.4 is 0 Å². The molecule has 0 unspecified atom stereocenters. The van der Waals surface area contributed by atoms with Crippen LogP contribution >= 0.6 is 0 Å². The molecule has 0 aromatic rings. The van der Waals surface area contributed by atoms with Crippen LogP contribution in [-0.4, -0.2) is 23.3 Å². The van der Waals surface area contributed by atoms with Crippen LogP contribution in [0.4, 0.5) is 0 Å². The lowest BCUT2D eigenvalue weighted by molar-refractivity contribution is -0.137. The van der Waals surface area contributed by atoms with Gasteiger partial charge in [0.05, 0.1) is 6.10 Å². The molecule has 1 aliphatic heterocycles. The van der Waals surface area contributed by atoms with Gasteiger partial charge < -0.3 is 9.84 Å². The fourth-order valence-corrected chi connectivity index (χ4v) is 2.51. The van der Waals surface area contributed by atoms with Gasteiger partial charge in [-0.1, -0.05) is 18.2 Å². The summed E-state index contributed by atoms with van der Waals surface area (Å²) >= 11 is 0. The standard InChI is InChI=1S/C15H20O3/c1-9-5-4-6-10(2)13(16)8-12-11(3)15(17)18-14(12)7-9/h6-7,12-14,16H,3-5,8H2,1-2H3/b9-7+,10-6+/t12-,13+,14-/m1/s1. The van der Waals surface area contributed by atoms with Gasteiger partial charge in [0.25, 0.3) is 0 Å². The molecule has 1 saturated heterocycles. The van der Waals surface area contributed by atoms with Crippen molar-refractivity contribution in [3.05, 3.63) is 35.5 Å². The molecule has 0 radical (unpaired) electrons. The highest BCUT2D eigenvalue weighted by atomic mass is 16.5. The number of ether oxygens (including phenoxy) is 1. The van der Waals surface area contributed by atoms with Gasteiger partial charge in [0.15, 0.2) is 0 Å². The average Bonchev–Trinajstić information content (AvgIpc) is 2.56. The summed E-state index contributed by atoms with van der Waals surface area (Å²) in [4.78, 5) is 11.6. The molecule has 1 fully saturated rings. The lowest BCUT2D eigenvalue weighted by atomic mass is 9.87. The van der Waals surface area contributed by atoms with E-state index in [1.54, 1.807) is 0 Å². The van der Waals surface area contributed by atoms with Gasteiger partial charge in [0, 0.05) is 11.5 Å². The lowest BCUT2D eigenvalue weighted by Crippen LogP contribution is -2.22. The Morgan fingerprint density at radius 1 is 1.44 bits per heavy atom. The minimum atomic E-state index is -0.518. The predicted octanol–water partition coefficient (Wildman–Crippen LogP) is 2.52. The number of hydrogen-bond acceptors (Lipinski definition) is 3. The van der Waals surface area contributed by atoms with E-state index in [4.69, 9.17) is 4.74 Å². The van der Waals surface area contributed by atoms with Gasteiger partial charge in [-0.15, -0.1) is 0 Å². The molecule has 1 N–H and O–H groups in total. The van der Waals surface area contributed by atoms with Crippen LogP contribution in [0.5, 0.6) is 0 Å². The highest BCUT2D eigenvalue weighted by molar-refractivity contribution is 5.91. The van der Waals surface area contributed by atoms with Gasteiger partial charge in [-0.05, 0) is 44.8 Å². The van der Waals surface area contributed by atoms with E-state index < -0.39 is 6.10 Å². The van der Waals surface area contributed by atoms with Gasteiger partial charge in [-0.25, -0.2) is 4.79 Å². The zero-order valence-electron chi connectivity index (χ0n) is 11.0. The largest absolute Gasteiger partial charge is 0.454 e. The number of esters is 1. The fraction of sp³-hybridized carbons (Fsp3) is 0.533. The number of allylic oxidation sites excluding steroid dienone is 2. The second-order valence-corrected chi connectivity index (χ2v) is 5.25. The van der Waals surface area contributed by atoms with E-state index in [0.29, 0.717) is 12.0 Å². The van der Waals surface area contributed by atoms with Gasteiger partial charge in [-0.3, -0.25) is 0 Å². The normalized spacial score (nSPS) is 39.2. The number of carbonyl (C=O) groups is 1. The summed E-state index contributed by atoms with van der Waals surface area (Å²) in [5.74, 6) is -0.439. The highest BCUT2D eigenvalue weighted by Gasteiger charge is 2.38. The van der Waals surface area contributed by atoms with Crippen LogP contribution in [0.25, 0.3) is 0 Å². The highest BCUT2D eigenvalue weighted by Crippen LogP contribution is 2.34. The molecule has 2 aliphatic rings. The van der Waals surface area contributed by atoms with Crippen molar-refractivity contribution in [2.24, 2.45) is 5.92 Å². The molecule has 3 nitrogen and oxygen atoms in total. The third-order valence-electron chi connectivity index (χ3n) is 3.81. The van der Waals surface area contributed by atoms with Crippen molar-refractivity contribution < 1.29 is 14.6 Å². The Bertz CT molecular complexity index is 431. The van der Waals surface area contributed by atoms with Gasteiger partial charge in [0.2, 0.25) is 0 Å². The van der Waals surface area contributed by atoms with Crippen molar-refractivity contribution in [1.29, 1.82) is 0 Å². The van der Waals surface area contributed by atoms with Gasteiger partial charge in [-0.2, -0.15) is 0 Å². The summed E-state index contributed by atoms with van der Waals surface area (Å²) in [5.41, 5.74) is 2.67. The van der Waals surface area contributed by atoms with Crippen molar-refractivity contribution >= 4 is 5.97 Å². The van der Waals surface area contributed by atoms with Crippen molar-refractivity contribution in [2.75, 3.05) is 0 Å². The summed E-state index contributed by atoms with van der Waals surface area (Å²) in [6, 6.07) is 0. The molecule has 0 spiro atoms. The van der Waals surface area contributed by atoms with Crippen molar-refractivity contribution in [1.82, 2.24) is 0 Å². The molecule has 0 aromatic carbocycles. The summed E-state index contributed by atoms with van der Waals surface area (Å²) in [6.07, 6.45) is 5.64. The van der Waals surface area contributed by atoms with E-state index >= 15 is 0 Å². The molecule has 1 aliphatic carbocycles. The number of aliphatic hydroxyl groups is 1. The lowest BCUT2D eigenvalue weighted by Gasteiger charge is -2.21. The molecule has 1 heterocycles. The van der Waals surface area contributed by atoms with Crippen LogP contribution in [0.15, 0.2) is 35.5 Å². The third-order valence-corrected chi connectivity index (χ3v) is 3.81. The second-order valence-electron chi connectivity index (χ2n) is 5.25. The summed E-state index contributed by atoms with van der Waals surface area (Å²) in [7, 11) is 0. The van der Waals surface area contributed by atoms with Crippen molar-refractivity contribution in [3.63, 3.8) is 0 Å². The summed E-state index contributed by atoms with van der Waals surface area (Å²) in [5, 5.41) is 10.1. The maximum absolute atomic E-state index is 11.6. The maximum atomic E-state index is 11.6. The van der Waals surface area contributed by atoms with Crippen LogP contribution in [0.3, 0.4) is 0 Å². The smallest absolute Gasteiger partial charge is 0.334 e. The van der Waals surface area contributed by atoms with Crippen LogP contribution in [-0.2, 0) is 9.53 Å². The quantitative estimate of drug-likeness (QED) is 0.407. The first-order chi connectivity index (χ1) is 8.49. The van der Waals surface area contributed by atoms with E-state index in [-0.39, 0.29) is 18.0 Å². The molecule has 98 valence electrons. The maximum Gasteiger partial charge on any atom is 0.334 e. The first-order valence-electron chi connectivity index (χ1n) is 6.41. The monoisotopic (exact) mass is 248 g/mol. The number of rotatable bonds is 0. The van der Waals surface area contributed by atoms with E-state index in [1.165, 1.54) is 5.57 Å². The first-order valence-corrected chi connectivity index (χ1v) is 6.41. The third kappa shape index (κ3) is 2.56. The van der Waals surface area contributed by atoms with E-state index in [9.17, 15) is 9.90 Å². The Kier molecular flexibility index (Phi) is 3.71. The first kappa shape index (κ1) is 13.1. The molecule has 0 saturated carbocycles. The SMILES string of the molecule is C=C1C(=O)O[C@@H]2/C=C(\C)CC/C=C(\C)[C@@H](O)C[C@H]12. The van der Waals surface area contributed by atoms with Crippen LogP contribution in [0.2, 0.25) is 0 Å². The Hall–Kier alpha value is -1.35.